The quantitative estimate of drug-likeness (QED) is 0.795. The highest BCUT2D eigenvalue weighted by Gasteiger charge is 2.12. The van der Waals surface area contributed by atoms with Crippen LogP contribution in [-0.4, -0.2) is 25.7 Å². The normalized spacial score (nSPS) is 16.1. The van der Waals surface area contributed by atoms with Gasteiger partial charge in [-0.2, -0.15) is 0 Å². The molecular weight excluding hydrogens is 262 g/mol. The van der Waals surface area contributed by atoms with Crippen molar-refractivity contribution in [2.75, 3.05) is 25.0 Å². The predicted octanol–water partition coefficient (Wildman–Crippen LogP) is 2.85. The lowest BCUT2D eigenvalue weighted by atomic mass is 9.95. The Hall–Kier alpha value is -1.26. The third-order valence-corrected chi connectivity index (χ3v) is 3.65. The summed E-state index contributed by atoms with van der Waals surface area (Å²) in [5.41, 5.74) is 0.753. The van der Waals surface area contributed by atoms with Gasteiger partial charge in [0.25, 0.3) is 0 Å². The summed E-state index contributed by atoms with van der Waals surface area (Å²) >= 11 is 5.78. The molecule has 1 aliphatic rings. The van der Waals surface area contributed by atoms with Crippen LogP contribution in [-0.2, 0) is 0 Å². The maximum absolute atomic E-state index is 11.7. The standard InChI is InChI=1S/C14H20ClN3O/c15-12-1-3-13(4-2-12)18-14(19)17-10-7-11-5-8-16-9-6-11/h1-4,11,16H,5-10H2,(H2,17,18,19). The van der Waals surface area contributed by atoms with Gasteiger partial charge in [-0.05, 0) is 62.5 Å². The Kier molecular flexibility index (Phi) is 5.48. The first-order chi connectivity index (χ1) is 9.24. The second-order valence-corrected chi connectivity index (χ2v) is 5.31. The number of hydrogen-bond acceptors (Lipinski definition) is 2. The summed E-state index contributed by atoms with van der Waals surface area (Å²) in [5.74, 6) is 0.733. The number of hydrogen-bond donors (Lipinski definition) is 3. The van der Waals surface area contributed by atoms with Crippen LogP contribution in [0.15, 0.2) is 24.3 Å². The topological polar surface area (TPSA) is 53.2 Å². The number of amides is 2. The van der Waals surface area contributed by atoms with Gasteiger partial charge in [0.15, 0.2) is 0 Å². The maximum Gasteiger partial charge on any atom is 0.319 e. The lowest BCUT2D eigenvalue weighted by Crippen LogP contribution is -2.33. The molecule has 4 nitrogen and oxygen atoms in total. The molecule has 3 N–H and O–H groups in total. The molecule has 1 heterocycles. The van der Waals surface area contributed by atoms with Gasteiger partial charge in [-0.1, -0.05) is 11.6 Å². The van der Waals surface area contributed by atoms with E-state index in [1.54, 1.807) is 24.3 Å². The molecule has 0 spiro atoms. The molecule has 0 saturated carbocycles. The smallest absolute Gasteiger partial charge is 0.319 e. The molecule has 1 fully saturated rings. The molecule has 0 atom stereocenters. The summed E-state index contributed by atoms with van der Waals surface area (Å²) in [6.07, 6.45) is 3.47. The fraction of sp³-hybridized carbons (Fsp3) is 0.500. The van der Waals surface area contributed by atoms with Gasteiger partial charge in [0.2, 0.25) is 0 Å². The number of carbonyl (C=O) groups is 1. The Morgan fingerprint density at radius 2 is 1.95 bits per heavy atom. The number of piperidine rings is 1. The molecule has 104 valence electrons. The molecule has 0 aliphatic carbocycles. The largest absolute Gasteiger partial charge is 0.338 e. The molecule has 1 aliphatic heterocycles. The average molecular weight is 282 g/mol. The molecule has 0 radical (unpaired) electrons. The van der Waals surface area contributed by atoms with E-state index in [1.807, 2.05) is 0 Å². The third kappa shape index (κ3) is 5.09. The zero-order valence-corrected chi connectivity index (χ0v) is 11.7. The molecular formula is C14H20ClN3O. The van der Waals surface area contributed by atoms with Crippen LogP contribution in [0.3, 0.4) is 0 Å². The van der Waals surface area contributed by atoms with Gasteiger partial charge >= 0.3 is 6.03 Å². The van der Waals surface area contributed by atoms with E-state index in [-0.39, 0.29) is 6.03 Å². The van der Waals surface area contributed by atoms with Gasteiger partial charge in [0.05, 0.1) is 0 Å². The fourth-order valence-corrected chi connectivity index (χ4v) is 2.39. The average Bonchev–Trinajstić information content (AvgIpc) is 2.43. The van der Waals surface area contributed by atoms with Crippen molar-refractivity contribution in [1.29, 1.82) is 0 Å². The highest BCUT2D eigenvalue weighted by atomic mass is 35.5. The van der Waals surface area contributed by atoms with Crippen LogP contribution in [0.5, 0.6) is 0 Å². The van der Waals surface area contributed by atoms with Crippen molar-refractivity contribution in [2.45, 2.75) is 19.3 Å². The Bertz CT molecular complexity index is 402. The zero-order chi connectivity index (χ0) is 13.5. The highest BCUT2D eigenvalue weighted by Crippen LogP contribution is 2.15. The SMILES string of the molecule is O=C(NCCC1CCNCC1)Nc1ccc(Cl)cc1. The molecule has 1 saturated heterocycles. The van der Waals surface area contributed by atoms with Crippen molar-refractivity contribution in [2.24, 2.45) is 5.92 Å². The zero-order valence-electron chi connectivity index (χ0n) is 10.9. The molecule has 0 aromatic heterocycles. The summed E-state index contributed by atoms with van der Waals surface area (Å²) in [5, 5.41) is 9.68. The van der Waals surface area contributed by atoms with Crippen LogP contribution in [0, 0.1) is 5.92 Å². The van der Waals surface area contributed by atoms with Crippen molar-refractivity contribution in [3.8, 4) is 0 Å². The van der Waals surface area contributed by atoms with Crippen molar-refractivity contribution >= 4 is 23.3 Å². The first-order valence-corrected chi connectivity index (χ1v) is 7.13. The summed E-state index contributed by atoms with van der Waals surface area (Å²) in [6, 6.07) is 6.93. The van der Waals surface area contributed by atoms with Gasteiger partial charge in [-0.3, -0.25) is 0 Å². The van der Waals surface area contributed by atoms with Crippen molar-refractivity contribution in [1.82, 2.24) is 10.6 Å². The van der Waals surface area contributed by atoms with E-state index in [4.69, 9.17) is 11.6 Å². The van der Waals surface area contributed by atoms with E-state index in [2.05, 4.69) is 16.0 Å². The number of anilines is 1. The van der Waals surface area contributed by atoms with E-state index >= 15 is 0 Å². The molecule has 0 unspecified atom stereocenters. The number of carbonyl (C=O) groups excluding carboxylic acids is 1. The van der Waals surface area contributed by atoms with Crippen molar-refractivity contribution in [3.63, 3.8) is 0 Å². The first-order valence-electron chi connectivity index (χ1n) is 6.75. The van der Waals surface area contributed by atoms with Crippen LogP contribution in [0.1, 0.15) is 19.3 Å². The number of urea groups is 1. The van der Waals surface area contributed by atoms with Crippen LogP contribution in [0.2, 0.25) is 5.02 Å². The number of halogens is 1. The Morgan fingerprint density at radius 3 is 2.63 bits per heavy atom. The van der Waals surface area contributed by atoms with Crippen LogP contribution in [0.25, 0.3) is 0 Å². The van der Waals surface area contributed by atoms with Crippen molar-refractivity contribution < 1.29 is 4.79 Å². The Labute approximate surface area is 118 Å². The minimum atomic E-state index is -0.156. The van der Waals surface area contributed by atoms with Gasteiger partial charge in [0, 0.05) is 17.3 Å². The fourth-order valence-electron chi connectivity index (χ4n) is 2.27. The Balaban J connectivity index is 1.65. The lowest BCUT2D eigenvalue weighted by molar-refractivity contribution is 0.250. The van der Waals surface area contributed by atoms with E-state index in [0.717, 1.165) is 37.7 Å². The van der Waals surface area contributed by atoms with Gasteiger partial charge in [-0.25, -0.2) is 4.79 Å². The number of rotatable bonds is 4. The van der Waals surface area contributed by atoms with E-state index < -0.39 is 0 Å². The van der Waals surface area contributed by atoms with Gasteiger partial charge in [0.1, 0.15) is 0 Å². The number of nitrogens with one attached hydrogen (secondary N) is 3. The van der Waals surface area contributed by atoms with Gasteiger partial charge in [-0.15, -0.1) is 0 Å². The molecule has 5 heteroatoms. The van der Waals surface area contributed by atoms with E-state index in [9.17, 15) is 4.79 Å². The van der Waals surface area contributed by atoms with Gasteiger partial charge < -0.3 is 16.0 Å². The van der Waals surface area contributed by atoms with Crippen LogP contribution in [0.4, 0.5) is 10.5 Å². The number of benzene rings is 1. The summed E-state index contributed by atoms with van der Waals surface area (Å²) in [6.45, 7) is 2.92. The Morgan fingerprint density at radius 1 is 1.26 bits per heavy atom. The second kappa shape index (κ2) is 7.36. The maximum atomic E-state index is 11.7. The first kappa shape index (κ1) is 14.2. The van der Waals surface area contributed by atoms with Crippen LogP contribution < -0.4 is 16.0 Å². The molecule has 1 aromatic carbocycles. The monoisotopic (exact) mass is 281 g/mol. The van der Waals surface area contributed by atoms with Crippen LogP contribution >= 0.6 is 11.6 Å². The minimum Gasteiger partial charge on any atom is -0.338 e. The molecule has 2 amide bonds. The minimum absolute atomic E-state index is 0.156. The summed E-state index contributed by atoms with van der Waals surface area (Å²) < 4.78 is 0. The molecule has 2 rings (SSSR count). The van der Waals surface area contributed by atoms with Crippen molar-refractivity contribution in [3.05, 3.63) is 29.3 Å². The van der Waals surface area contributed by atoms with E-state index in [1.165, 1.54) is 12.8 Å². The summed E-state index contributed by atoms with van der Waals surface area (Å²) in [7, 11) is 0. The second-order valence-electron chi connectivity index (χ2n) is 4.87. The highest BCUT2D eigenvalue weighted by molar-refractivity contribution is 6.30. The lowest BCUT2D eigenvalue weighted by Gasteiger charge is -2.22. The van der Waals surface area contributed by atoms with E-state index in [0.29, 0.717) is 5.02 Å². The third-order valence-electron chi connectivity index (χ3n) is 3.40. The molecule has 19 heavy (non-hydrogen) atoms. The predicted molar refractivity (Wildman–Crippen MR) is 78.7 cm³/mol. The molecule has 1 aromatic rings. The molecule has 0 bridgehead atoms. The summed E-state index contributed by atoms with van der Waals surface area (Å²) in [4.78, 5) is 11.7.